The molecule has 1 amide bonds. The Balaban J connectivity index is 1.65. The predicted octanol–water partition coefficient (Wildman–Crippen LogP) is 1.30. The van der Waals surface area contributed by atoms with Crippen LogP contribution < -0.4 is 5.32 Å². The van der Waals surface area contributed by atoms with Gasteiger partial charge in [0.1, 0.15) is 12.9 Å². The highest BCUT2D eigenvalue weighted by atomic mass is 16.2. The summed E-state index contributed by atoms with van der Waals surface area (Å²) in [6, 6.07) is 10.5. The van der Waals surface area contributed by atoms with Crippen LogP contribution >= 0.6 is 0 Å². The first-order valence-corrected chi connectivity index (χ1v) is 7.32. The number of rotatable bonds is 5. The van der Waals surface area contributed by atoms with Crippen molar-refractivity contribution >= 4 is 5.91 Å². The molecule has 1 fully saturated rings. The van der Waals surface area contributed by atoms with Crippen molar-refractivity contribution in [2.75, 3.05) is 6.54 Å². The molecule has 0 bridgehead atoms. The fourth-order valence-electron chi connectivity index (χ4n) is 3.13. The van der Waals surface area contributed by atoms with Crippen LogP contribution in [0.1, 0.15) is 31.2 Å². The number of carbonyl (C=O) groups excluding carboxylic acids is 1. The second kappa shape index (κ2) is 6.03. The first-order valence-electron chi connectivity index (χ1n) is 7.32. The van der Waals surface area contributed by atoms with Gasteiger partial charge in [-0.2, -0.15) is 0 Å². The fourth-order valence-corrected chi connectivity index (χ4v) is 3.13. The van der Waals surface area contributed by atoms with E-state index in [2.05, 4.69) is 45.1 Å². The van der Waals surface area contributed by atoms with Crippen molar-refractivity contribution in [1.29, 1.82) is 0 Å². The Kier molecular flexibility index (Phi) is 3.94. The summed E-state index contributed by atoms with van der Waals surface area (Å²) in [6.45, 7) is 0.843. The predicted molar refractivity (Wildman–Crippen MR) is 77.4 cm³/mol. The van der Waals surface area contributed by atoms with Crippen molar-refractivity contribution in [3.05, 3.63) is 42.2 Å². The van der Waals surface area contributed by atoms with Gasteiger partial charge in [-0.15, -0.1) is 5.10 Å². The number of hydrogen-bond acceptors (Lipinski definition) is 4. The summed E-state index contributed by atoms with van der Waals surface area (Å²) in [6.07, 6.45) is 6.14. The molecular formula is C15H19N5O. The van der Waals surface area contributed by atoms with Gasteiger partial charge < -0.3 is 5.32 Å². The van der Waals surface area contributed by atoms with Crippen LogP contribution in [0.4, 0.5) is 0 Å². The van der Waals surface area contributed by atoms with Crippen molar-refractivity contribution in [1.82, 2.24) is 25.5 Å². The summed E-state index contributed by atoms with van der Waals surface area (Å²) in [7, 11) is 0. The van der Waals surface area contributed by atoms with E-state index >= 15 is 0 Å². The van der Waals surface area contributed by atoms with E-state index in [-0.39, 0.29) is 17.9 Å². The van der Waals surface area contributed by atoms with E-state index in [1.807, 2.05) is 6.07 Å². The minimum Gasteiger partial charge on any atom is -0.354 e. The number of benzene rings is 1. The Labute approximate surface area is 123 Å². The number of carbonyl (C=O) groups is 1. The minimum absolute atomic E-state index is 0.0514. The average molecular weight is 285 g/mol. The van der Waals surface area contributed by atoms with Gasteiger partial charge in [0, 0.05) is 12.0 Å². The zero-order valence-electron chi connectivity index (χ0n) is 11.9. The van der Waals surface area contributed by atoms with Crippen LogP contribution in [0, 0.1) is 0 Å². The van der Waals surface area contributed by atoms with Gasteiger partial charge in [0.25, 0.3) is 0 Å². The molecule has 0 saturated heterocycles. The molecule has 0 aliphatic heterocycles. The largest absolute Gasteiger partial charge is 0.354 e. The summed E-state index contributed by atoms with van der Waals surface area (Å²) >= 11 is 0. The molecule has 21 heavy (non-hydrogen) atoms. The minimum atomic E-state index is -0.0514. The standard InChI is InChI=1S/C15H19N5O/c21-14(10-20-12-17-18-19-20)16-11-15(8-4-5-9-15)13-6-2-1-3-7-13/h1-3,6-7,12H,4-5,8-11H2,(H,16,21). The van der Waals surface area contributed by atoms with Gasteiger partial charge in [-0.3, -0.25) is 4.79 Å². The summed E-state index contributed by atoms with van der Waals surface area (Å²) in [4.78, 5) is 12.0. The quantitative estimate of drug-likeness (QED) is 0.898. The van der Waals surface area contributed by atoms with Gasteiger partial charge in [-0.1, -0.05) is 43.2 Å². The van der Waals surface area contributed by atoms with E-state index in [4.69, 9.17) is 0 Å². The zero-order valence-corrected chi connectivity index (χ0v) is 11.9. The summed E-state index contributed by atoms with van der Waals surface area (Å²) < 4.78 is 1.43. The normalized spacial score (nSPS) is 16.8. The maximum Gasteiger partial charge on any atom is 0.241 e. The van der Waals surface area contributed by atoms with Crippen LogP contribution in [0.5, 0.6) is 0 Å². The Morgan fingerprint density at radius 3 is 2.67 bits per heavy atom. The van der Waals surface area contributed by atoms with Gasteiger partial charge in [0.2, 0.25) is 5.91 Å². The van der Waals surface area contributed by atoms with Crippen LogP contribution in [0.25, 0.3) is 0 Å². The highest BCUT2D eigenvalue weighted by molar-refractivity contribution is 5.75. The first-order chi connectivity index (χ1) is 10.3. The topological polar surface area (TPSA) is 72.7 Å². The molecule has 6 heteroatoms. The van der Waals surface area contributed by atoms with Gasteiger partial charge >= 0.3 is 0 Å². The van der Waals surface area contributed by atoms with Crippen molar-refractivity contribution < 1.29 is 4.79 Å². The van der Waals surface area contributed by atoms with E-state index in [9.17, 15) is 4.79 Å². The zero-order chi connectivity index (χ0) is 14.5. The second-order valence-electron chi connectivity index (χ2n) is 5.64. The van der Waals surface area contributed by atoms with E-state index in [0.717, 1.165) is 12.8 Å². The van der Waals surface area contributed by atoms with Crippen LogP contribution in [-0.4, -0.2) is 32.7 Å². The third kappa shape index (κ3) is 3.09. The number of amides is 1. The lowest BCUT2D eigenvalue weighted by Gasteiger charge is -2.30. The van der Waals surface area contributed by atoms with Crippen molar-refractivity contribution in [3.8, 4) is 0 Å². The Morgan fingerprint density at radius 2 is 2.00 bits per heavy atom. The van der Waals surface area contributed by atoms with Gasteiger partial charge in [-0.05, 0) is 28.8 Å². The van der Waals surface area contributed by atoms with E-state index in [1.54, 1.807) is 0 Å². The van der Waals surface area contributed by atoms with E-state index < -0.39 is 0 Å². The monoisotopic (exact) mass is 285 g/mol. The molecule has 0 radical (unpaired) electrons. The third-order valence-corrected chi connectivity index (χ3v) is 4.27. The SMILES string of the molecule is O=C(Cn1cnnn1)NCC1(c2ccccc2)CCCC1. The Bertz CT molecular complexity index is 575. The molecule has 1 saturated carbocycles. The molecule has 1 aromatic carbocycles. The van der Waals surface area contributed by atoms with Crippen LogP contribution in [0.2, 0.25) is 0 Å². The van der Waals surface area contributed by atoms with Crippen LogP contribution in [0.15, 0.2) is 36.7 Å². The molecule has 1 N–H and O–H groups in total. The summed E-state index contributed by atoms with van der Waals surface area (Å²) in [5, 5.41) is 13.8. The highest BCUT2D eigenvalue weighted by Gasteiger charge is 2.35. The maximum atomic E-state index is 12.0. The van der Waals surface area contributed by atoms with Gasteiger partial charge in [0.15, 0.2) is 0 Å². The number of hydrogen-bond donors (Lipinski definition) is 1. The molecule has 1 aromatic heterocycles. The average Bonchev–Trinajstić information content (AvgIpc) is 3.18. The van der Waals surface area contributed by atoms with Crippen molar-refractivity contribution in [3.63, 3.8) is 0 Å². The number of tetrazole rings is 1. The van der Waals surface area contributed by atoms with E-state index in [0.29, 0.717) is 6.54 Å². The summed E-state index contributed by atoms with van der Waals surface area (Å²) in [5.41, 5.74) is 1.41. The number of aromatic nitrogens is 4. The molecule has 3 rings (SSSR count). The molecule has 110 valence electrons. The number of nitrogens with one attached hydrogen (secondary N) is 1. The van der Waals surface area contributed by atoms with Crippen LogP contribution in [0.3, 0.4) is 0 Å². The third-order valence-electron chi connectivity index (χ3n) is 4.27. The highest BCUT2D eigenvalue weighted by Crippen LogP contribution is 2.40. The molecule has 0 unspecified atom stereocenters. The fraction of sp³-hybridized carbons (Fsp3) is 0.467. The lowest BCUT2D eigenvalue weighted by atomic mass is 9.79. The Morgan fingerprint density at radius 1 is 1.24 bits per heavy atom. The van der Waals surface area contributed by atoms with Gasteiger partial charge in [-0.25, -0.2) is 4.68 Å². The maximum absolute atomic E-state index is 12.0. The molecule has 0 spiro atoms. The smallest absolute Gasteiger partial charge is 0.241 e. The molecule has 6 nitrogen and oxygen atoms in total. The van der Waals surface area contributed by atoms with Gasteiger partial charge in [0.05, 0.1) is 0 Å². The van der Waals surface area contributed by atoms with Crippen LogP contribution in [-0.2, 0) is 16.8 Å². The number of nitrogens with zero attached hydrogens (tertiary/aromatic N) is 4. The van der Waals surface area contributed by atoms with E-state index in [1.165, 1.54) is 29.4 Å². The molecule has 1 aliphatic rings. The Hall–Kier alpha value is -2.24. The summed E-state index contributed by atoms with van der Waals surface area (Å²) in [5.74, 6) is -0.0514. The van der Waals surface area contributed by atoms with Crippen molar-refractivity contribution in [2.24, 2.45) is 0 Å². The lowest BCUT2D eigenvalue weighted by molar-refractivity contribution is -0.122. The molecular weight excluding hydrogens is 266 g/mol. The molecule has 0 atom stereocenters. The molecule has 2 aromatic rings. The first kappa shape index (κ1) is 13.7. The molecule has 1 aliphatic carbocycles. The molecule has 1 heterocycles. The lowest BCUT2D eigenvalue weighted by Crippen LogP contribution is -2.40. The van der Waals surface area contributed by atoms with Crippen molar-refractivity contribution in [2.45, 2.75) is 37.6 Å². The second-order valence-corrected chi connectivity index (χ2v) is 5.64.